The van der Waals surface area contributed by atoms with Gasteiger partial charge in [-0.25, -0.2) is 0 Å². The summed E-state index contributed by atoms with van der Waals surface area (Å²) in [6.07, 6.45) is 4.27. The van der Waals surface area contributed by atoms with Crippen LogP contribution in [-0.2, 0) is 0 Å². The second kappa shape index (κ2) is 5.97. The minimum atomic E-state index is -0.663. The molecule has 1 N–H and O–H groups in total. The van der Waals surface area contributed by atoms with Gasteiger partial charge in [-0.3, -0.25) is 0 Å². The summed E-state index contributed by atoms with van der Waals surface area (Å²) in [5.74, 6) is 0.725. The molecule has 1 aromatic carbocycles. The molecule has 1 fully saturated rings. The Labute approximate surface area is 122 Å². The number of aliphatic hydroxyl groups excluding tert-OH is 1. The second-order valence-corrected chi connectivity index (χ2v) is 6.44. The standard InChI is InChI=1S/C18H25NO/c1-4-15-5-7-18(12-19,8-6-15)17(20)16-10-13(2)9-14(3)11-16/h9-11,15,17,20H,4-8H2,1-3H3. The SMILES string of the molecule is CCC1CCC(C#N)(C(O)c2cc(C)cc(C)c2)CC1. The normalized spacial score (nSPS) is 27.9. The Hall–Kier alpha value is -1.33. The Morgan fingerprint density at radius 2 is 1.80 bits per heavy atom. The highest BCUT2D eigenvalue weighted by atomic mass is 16.3. The van der Waals surface area contributed by atoms with Gasteiger partial charge < -0.3 is 5.11 Å². The fraction of sp³-hybridized carbons (Fsp3) is 0.611. The molecule has 108 valence electrons. The minimum absolute atomic E-state index is 0.591. The molecular weight excluding hydrogens is 246 g/mol. The van der Waals surface area contributed by atoms with Crippen molar-refractivity contribution in [3.63, 3.8) is 0 Å². The summed E-state index contributed by atoms with van der Waals surface area (Å²) in [5, 5.41) is 20.4. The lowest BCUT2D eigenvalue weighted by Crippen LogP contribution is -2.32. The molecule has 0 bridgehead atoms. The van der Waals surface area contributed by atoms with Gasteiger partial charge in [-0.15, -0.1) is 0 Å². The van der Waals surface area contributed by atoms with Crippen LogP contribution in [0.2, 0.25) is 0 Å². The van der Waals surface area contributed by atoms with Gasteiger partial charge in [0.05, 0.1) is 17.6 Å². The quantitative estimate of drug-likeness (QED) is 0.882. The van der Waals surface area contributed by atoms with E-state index in [0.29, 0.717) is 0 Å². The van der Waals surface area contributed by atoms with Gasteiger partial charge in [-0.2, -0.15) is 5.26 Å². The first-order valence-corrected chi connectivity index (χ1v) is 7.68. The largest absolute Gasteiger partial charge is 0.387 e. The molecule has 1 aromatic rings. The van der Waals surface area contributed by atoms with Crippen molar-refractivity contribution in [1.29, 1.82) is 5.26 Å². The third-order valence-corrected chi connectivity index (χ3v) is 4.88. The van der Waals surface area contributed by atoms with Gasteiger partial charge in [0.2, 0.25) is 0 Å². The van der Waals surface area contributed by atoms with Crippen LogP contribution in [0.15, 0.2) is 18.2 Å². The highest BCUT2D eigenvalue weighted by Gasteiger charge is 2.42. The van der Waals surface area contributed by atoms with Gasteiger partial charge in [-0.1, -0.05) is 42.7 Å². The molecule has 0 saturated heterocycles. The zero-order valence-electron chi connectivity index (χ0n) is 12.8. The highest BCUT2D eigenvalue weighted by Crippen LogP contribution is 2.47. The monoisotopic (exact) mass is 271 g/mol. The maximum atomic E-state index is 10.8. The molecule has 20 heavy (non-hydrogen) atoms. The lowest BCUT2D eigenvalue weighted by Gasteiger charge is -2.38. The summed E-state index contributed by atoms with van der Waals surface area (Å²) in [6.45, 7) is 6.29. The average molecular weight is 271 g/mol. The van der Waals surface area contributed by atoms with Gasteiger partial charge in [-0.05, 0) is 51.0 Å². The van der Waals surface area contributed by atoms with Crippen molar-refractivity contribution in [2.45, 2.75) is 59.0 Å². The van der Waals surface area contributed by atoms with Crippen molar-refractivity contribution in [3.8, 4) is 6.07 Å². The minimum Gasteiger partial charge on any atom is -0.387 e. The third-order valence-electron chi connectivity index (χ3n) is 4.88. The zero-order chi connectivity index (χ0) is 14.8. The van der Waals surface area contributed by atoms with Gasteiger partial charge >= 0.3 is 0 Å². The van der Waals surface area contributed by atoms with Gasteiger partial charge in [0.25, 0.3) is 0 Å². The second-order valence-electron chi connectivity index (χ2n) is 6.44. The number of nitrogens with zero attached hydrogens (tertiary/aromatic N) is 1. The summed E-state index contributed by atoms with van der Waals surface area (Å²) >= 11 is 0. The highest BCUT2D eigenvalue weighted by molar-refractivity contribution is 5.32. The number of aliphatic hydroxyl groups is 1. The topological polar surface area (TPSA) is 44.0 Å². The number of hydrogen-bond acceptors (Lipinski definition) is 2. The summed E-state index contributed by atoms with van der Waals surface area (Å²) < 4.78 is 0. The fourth-order valence-corrected chi connectivity index (χ4v) is 3.53. The fourth-order valence-electron chi connectivity index (χ4n) is 3.53. The molecular formula is C18H25NO. The zero-order valence-corrected chi connectivity index (χ0v) is 12.8. The Morgan fingerprint density at radius 1 is 1.25 bits per heavy atom. The first-order valence-electron chi connectivity index (χ1n) is 7.68. The molecule has 0 aromatic heterocycles. The molecule has 0 aliphatic heterocycles. The first kappa shape index (κ1) is 15.1. The molecule has 1 aliphatic carbocycles. The van der Waals surface area contributed by atoms with Crippen LogP contribution >= 0.6 is 0 Å². The van der Waals surface area contributed by atoms with Crippen LogP contribution < -0.4 is 0 Å². The molecule has 0 amide bonds. The van der Waals surface area contributed by atoms with E-state index in [9.17, 15) is 10.4 Å². The maximum absolute atomic E-state index is 10.8. The van der Waals surface area contributed by atoms with Gasteiger partial charge in [0.1, 0.15) is 0 Å². The van der Waals surface area contributed by atoms with Crippen molar-refractivity contribution in [1.82, 2.24) is 0 Å². The van der Waals surface area contributed by atoms with E-state index in [4.69, 9.17) is 0 Å². The molecule has 1 aliphatic rings. The Morgan fingerprint density at radius 3 is 2.25 bits per heavy atom. The summed E-state index contributed by atoms with van der Waals surface area (Å²) in [6, 6.07) is 8.58. The van der Waals surface area contributed by atoms with E-state index in [1.165, 1.54) is 6.42 Å². The van der Waals surface area contributed by atoms with E-state index in [0.717, 1.165) is 48.3 Å². The van der Waals surface area contributed by atoms with E-state index in [1.807, 2.05) is 26.0 Å². The van der Waals surface area contributed by atoms with E-state index in [1.54, 1.807) is 0 Å². The van der Waals surface area contributed by atoms with Crippen molar-refractivity contribution in [2.24, 2.45) is 11.3 Å². The molecule has 0 radical (unpaired) electrons. The summed E-state index contributed by atoms with van der Waals surface area (Å²) in [7, 11) is 0. The lowest BCUT2D eigenvalue weighted by molar-refractivity contribution is 0.0242. The summed E-state index contributed by atoms with van der Waals surface area (Å²) in [5.41, 5.74) is 2.61. The number of benzene rings is 1. The number of rotatable bonds is 3. The van der Waals surface area contributed by atoms with Gasteiger partial charge in [0.15, 0.2) is 0 Å². The smallest absolute Gasteiger partial charge is 0.0976 e. The van der Waals surface area contributed by atoms with Crippen LogP contribution in [0.25, 0.3) is 0 Å². The number of nitriles is 1. The van der Waals surface area contributed by atoms with Crippen LogP contribution in [-0.4, -0.2) is 5.11 Å². The molecule has 2 heteroatoms. The third kappa shape index (κ3) is 2.88. The van der Waals surface area contributed by atoms with E-state index >= 15 is 0 Å². The predicted octanol–water partition coefficient (Wildman–Crippen LogP) is 4.45. The first-order chi connectivity index (χ1) is 9.50. The lowest BCUT2D eigenvalue weighted by atomic mass is 9.66. The predicted molar refractivity (Wildman–Crippen MR) is 81.2 cm³/mol. The average Bonchev–Trinajstić information content (AvgIpc) is 2.45. The van der Waals surface area contributed by atoms with Crippen LogP contribution in [0, 0.1) is 36.5 Å². The Balaban J connectivity index is 2.25. The number of aryl methyl sites for hydroxylation is 2. The van der Waals surface area contributed by atoms with Crippen LogP contribution in [0.1, 0.15) is 61.8 Å². The summed E-state index contributed by atoms with van der Waals surface area (Å²) in [4.78, 5) is 0. The Bertz CT molecular complexity index is 486. The van der Waals surface area contributed by atoms with Crippen molar-refractivity contribution >= 4 is 0 Å². The van der Waals surface area contributed by atoms with E-state index in [-0.39, 0.29) is 0 Å². The van der Waals surface area contributed by atoms with Crippen LogP contribution in [0.3, 0.4) is 0 Å². The molecule has 0 spiro atoms. The molecule has 1 saturated carbocycles. The molecule has 1 unspecified atom stereocenters. The maximum Gasteiger partial charge on any atom is 0.0976 e. The molecule has 2 nitrogen and oxygen atoms in total. The Kier molecular flexibility index (Phi) is 4.50. The van der Waals surface area contributed by atoms with Crippen molar-refractivity contribution in [2.75, 3.05) is 0 Å². The molecule has 1 atom stereocenters. The molecule has 0 heterocycles. The van der Waals surface area contributed by atoms with E-state index in [2.05, 4.69) is 19.1 Å². The van der Waals surface area contributed by atoms with Crippen molar-refractivity contribution in [3.05, 3.63) is 34.9 Å². The van der Waals surface area contributed by atoms with Crippen LogP contribution in [0.5, 0.6) is 0 Å². The molecule has 2 rings (SSSR count). The van der Waals surface area contributed by atoms with Gasteiger partial charge in [0, 0.05) is 0 Å². The van der Waals surface area contributed by atoms with E-state index < -0.39 is 11.5 Å². The van der Waals surface area contributed by atoms with Crippen LogP contribution in [0.4, 0.5) is 0 Å². The van der Waals surface area contributed by atoms with Crippen molar-refractivity contribution < 1.29 is 5.11 Å². The number of hydrogen-bond donors (Lipinski definition) is 1.